The van der Waals surface area contributed by atoms with E-state index in [9.17, 15) is 4.79 Å². The van der Waals surface area contributed by atoms with Crippen molar-refractivity contribution < 1.29 is 9.53 Å². The minimum absolute atomic E-state index is 0.0619. The van der Waals surface area contributed by atoms with Crippen LogP contribution in [0.2, 0.25) is 0 Å². The van der Waals surface area contributed by atoms with Crippen molar-refractivity contribution in [2.24, 2.45) is 0 Å². The number of carbonyl (C=O) groups excluding carboxylic acids is 1. The van der Waals surface area contributed by atoms with E-state index in [1.54, 1.807) is 12.1 Å². The molecule has 0 N–H and O–H groups in total. The summed E-state index contributed by atoms with van der Waals surface area (Å²) < 4.78 is 5.10. The Morgan fingerprint density at radius 1 is 1.62 bits per heavy atom. The molecular weight excluding hydrogens is 224 g/mol. The van der Waals surface area contributed by atoms with E-state index in [0.717, 1.165) is 17.5 Å². The molecule has 0 amide bonds. The lowest BCUT2D eigenvalue weighted by Gasteiger charge is -2.11. The fourth-order valence-electron chi connectivity index (χ4n) is 1.39. The Balaban J connectivity index is 3.10. The van der Waals surface area contributed by atoms with Crippen LogP contribution in [0.15, 0.2) is 24.8 Å². The summed E-state index contributed by atoms with van der Waals surface area (Å²) in [6.07, 6.45) is 2.48. The fourth-order valence-corrected chi connectivity index (χ4v) is 1.53. The molecule has 1 rings (SSSR count). The van der Waals surface area contributed by atoms with Crippen molar-refractivity contribution in [1.82, 2.24) is 0 Å². The Kier molecular flexibility index (Phi) is 4.56. The summed E-state index contributed by atoms with van der Waals surface area (Å²) in [4.78, 5) is 10.9. The molecule has 3 heteroatoms. The first-order valence-electron chi connectivity index (χ1n) is 5.17. The minimum Gasteiger partial charge on any atom is -0.426 e. The normalized spacial score (nSPS) is 11.9. The first kappa shape index (κ1) is 12.8. The molecule has 0 saturated heterocycles. The van der Waals surface area contributed by atoms with Crippen molar-refractivity contribution in [3.05, 3.63) is 35.9 Å². The van der Waals surface area contributed by atoms with Crippen LogP contribution in [0.1, 0.15) is 36.8 Å². The highest BCUT2D eigenvalue weighted by Crippen LogP contribution is 2.29. The largest absolute Gasteiger partial charge is 0.426 e. The molecule has 1 unspecified atom stereocenters. The van der Waals surface area contributed by atoms with Crippen molar-refractivity contribution in [1.29, 1.82) is 0 Å². The van der Waals surface area contributed by atoms with E-state index in [2.05, 4.69) is 6.58 Å². The van der Waals surface area contributed by atoms with Crippen LogP contribution in [-0.2, 0) is 4.79 Å². The molecule has 0 saturated carbocycles. The number of hydrogen-bond acceptors (Lipinski definition) is 2. The molecule has 1 atom stereocenters. The summed E-state index contributed by atoms with van der Waals surface area (Å²) >= 11 is 6.13. The van der Waals surface area contributed by atoms with E-state index in [-0.39, 0.29) is 11.3 Å². The van der Waals surface area contributed by atoms with Gasteiger partial charge in [-0.25, -0.2) is 0 Å². The van der Waals surface area contributed by atoms with Gasteiger partial charge in [-0.3, -0.25) is 4.79 Å². The topological polar surface area (TPSA) is 26.3 Å². The highest BCUT2D eigenvalue weighted by molar-refractivity contribution is 6.20. The number of carbonyl (C=O) groups is 1. The third kappa shape index (κ3) is 3.11. The molecule has 0 spiro atoms. The van der Waals surface area contributed by atoms with Gasteiger partial charge >= 0.3 is 5.97 Å². The quantitative estimate of drug-likeness (QED) is 0.451. The molecule has 16 heavy (non-hydrogen) atoms. The molecule has 0 radical (unpaired) electrons. The molecule has 0 fully saturated rings. The van der Waals surface area contributed by atoms with Crippen molar-refractivity contribution in [2.45, 2.75) is 25.6 Å². The fraction of sp³-hybridized carbons (Fsp3) is 0.308. The third-order valence-electron chi connectivity index (χ3n) is 2.23. The maximum Gasteiger partial charge on any atom is 0.308 e. The number of benzene rings is 1. The number of esters is 1. The van der Waals surface area contributed by atoms with Crippen LogP contribution in [0, 0.1) is 0 Å². The molecule has 0 aliphatic carbocycles. The lowest BCUT2D eigenvalue weighted by atomic mass is 10.1. The third-order valence-corrected chi connectivity index (χ3v) is 2.79. The molecule has 1 aromatic carbocycles. The maximum atomic E-state index is 10.9. The van der Waals surface area contributed by atoms with Crippen molar-refractivity contribution in [2.75, 3.05) is 0 Å². The average molecular weight is 239 g/mol. The molecule has 0 aliphatic rings. The molecule has 0 aromatic heterocycles. The zero-order chi connectivity index (χ0) is 12.1. The zero-order valence-electron chi connectivity index (χ0n) is 9.50. The summed E-state index contributed by atoms with van der Waals surface area (Å²) in [5, 5.41) is -0.0619. The Hall–Kier alpha value is -1.28. The van der Waals surface area contributed by atoms with Crippen molar-refractivity contribution >= 4 is 23.6 Å². The van der Waals surface area contributed by atoms with Gasteiger partial charge in [0.05, 0.1) is 5.38 Å². The first-order valence-corrected chi connectivity index (χ1v) is 5.61. The second-order valence-electron chi connectivity index (χ2n) is 3.47. The van der Waals surface area contributed by atoms with Crippen LogP contribution in [0.3, 0.4) is 0 Å². The van der Waals surface area contributed by atoms with E-state index in [1.807, 2.05) is 19.1 Å². The van der Waals surface area contributed by atoms with Gasteiger partial charge in [0, 0.05) is 12.5 Å². The molecular formula is C13H15ClO2. The summed E-state index contributed by atoms with van der Waals surface area (Å²) in [6, 6.07) is 5.57. The number of hydrogen-bond donors (Lipinski definition) is 0. The number of rotatable bonds is 4. The van der Waals surface area contributed by atoms with E-state index in [0.29, 0.717) is 5.75 Å². The number of ether oxygens (including phenoxy) is 1. The summed E-state index contributed by atoms with van der Waals surface area (Å²) in [5.74, 6) is 0.168. The van der Waals surface area contributed by atoms with Gasteiger partial charge in [-0.2, -0.15) is 0 Å². The summed E-state index contributed by atoms with van der Waals surface area (Å²) in [6.45, 7) is 7.05. The first-order chi connectivity index (χ1) is 7.58. The highest BCUT2D eigenvalue weighted by atomic mass is 35.5. The zero-order valence-corrected chi connectivity index (χ0v) is 10.3. The van der Waals surface area contributed by atoms with Crippen LogP contribution in [0.5, 0.6) is 5.75 Å². The van der Waals surface area contributed by atoms with Gasteiger partial charge < -0.3 is 4.74 Å². The lowest BCUT2D eigenvalue weighted by molar-refractivity contribution is -0.131. The minimum atomic E-state index is -0.345. The Labute approximate surface area is 101 Å². The maximum absolute atomic E-state index is 10.9. The second-order valence-corrected chi connectivity index (χ2v) is 4.00. The van der Waals surface area contributed by atoms with E-state index >= 15 is 0 Å². The SMILES string of the molecule is C=Cc1ccc(C(Cl)CC)cc1OC(C)=O. The van der Waals surface area contributed by atoms with Gasteiger partial charge in [-0.05, 0) is 18.1 Å². The number of halogens is 1. The van der Waals surface area contributed by atoms with Gasteiger partial charge in [-0.1, -0.05) is 31.7 Å². The molecule has 0 bridgehead atoms. The predicted molar refractivity (Wildman–Crippen MR) is 66.7 cm³/mol. The average Bonchev–Trinajstić information content (AvgIpc) is 2.27. The Morgan fingerprint density at radius 2 is 2.31 bits per heavy atom. The molecule has 86 valence electrons. The summed E-state index contributed by atoms with van der Waals surface area (Å²) in [5.41, 5.74) is 1.74. The van der Waals surface area contributed by atoms with Gasteiger partial charge in [-0.15, -0.1) is 11.6 Å². The summed E-state index contributed by atoms with van der Waals surface area (Å²) in [7, 11) is 0. The standard InChI is InChI=1S/C13H15ClO2/c1-4-10-6-7-11(12(14)5-2)8-13(10)16-9(3)15/h4,6-8,12H,1,5H2,2-3H3. The van der Waals surface area contributed by atoms with Crippen LogP contribution in [0.4, 0.5) is 0 Å². The Bertz CT molecular complexity index is 399. The van der Waals surface area contributed by atoms with Gasteiger partial charge in [0.15, 0.2) is 0 Å². The van der Waals surface area contributed by atoms with Crippen LogP contribution in [0.25, 0.3) is 6.08 Å². The molecule has 0 aliphatic heterocycles. The molecule has 0 heterocycles. The van der Waals surface area contributed by atoms with Crippen LogP contribution < -0.4 is 4.74 Å². The van der Waals surface area contributed by atoms with Crippen LogP contribution >= 0.6 is 11.6 Å². The van der Waals surface area contributed by atoms with Crippen molar-refractivity contribution in [3.63, 3.8) is 0 Å². The van der Waals surface area contributed by atoms with Gasteiger partial charge in [0.25, 0.3) is 0 Å². The number of alkyl halides is 1. The van der Waals surface area contributed by atoms with Crippen molar-refractivity contribution in [3.8, 4) is 5.75 Å². The van der Waals surface area contributed by atoms with E-state index in [1.165, 1.54) is 6.92 Å². The van der Waals surface area contributed by atoms with E-state index in [4.69, 9.17) is 16.3 Å². The lowest BCUT2D eigenvalue weighted by Crippen LogP contribution is -2.03. The smallest absolute Gasteiger partial charge is 0.308 e. The van der Waals surface area contributed by atoms with E-state index < -0.39 is 0 Å². The molecule has 2 nitrogen and oxygen atoms in total. The Morgan fingerprint density at radius 3 is 2.81 bits per heavy atom. The van der Waals surface area contributed by atoms with Gasteiger partial charge in [0.1, 0.15) is 5.75 Å². The monoisotopic (exact) mass is 238 g/mol. The predicted octanol–water partition coefficient (Wildman–Crippen LogP) is 3.94. The van der Waals surface area contributed by atoms with Gasteiger partial charge in [0.2, 0.25) is 0 Å². The second kappa shape index (κ2) is 5.71. The highest BCUT2D eigenvalue weighted by Gasteiger charge is 2.10. The molecule has 1 aromatic rings. The van der Waals surface area contributed by atoms with Crippen LogP contribution in [-0.4, -0.2) is 5.97 Å².